The van der Waals surface area contributed by atoms with Crippen molar-refractivity contribution in [1.29, 1.82) is 0 Å². The average molecular weight is 919 g/mol. The molecule has 1 spiro atoms. The molecule has 3 saturated heterocycles. The highest BCUT2D eigenvalue weighted by Gasteiger charge is 2.50. The quantitative estimate of drug-likeness (QED) is 0.101. The van der Waals surface area contributed by atoms with Gasteiger partial charge in [-0.15, -0.1) is 0 Å². The molecule has 0 unspecified atom stereocenters. The van der Waals surface area contributed by atoms with Crippen molar-refractivity contribution in [2.24, 2.45) is 5.41 Å². The van der Waals surface area contributed by atoms with Gasteiger partial charge in [0.2, 0.25) is 5.88 Å². The number of nitrogens with zero attached hydrogens (tertiary/aromatic N) is 5. The monoisotopic (exact) mass is 918 g/mol. The van der Waals surface area contributed by atoms with Crippen molar-refractivity contribution in [3.8, 4) is 11.6 Å². The number of pyridine rings is 1. The molecule has 0 radical (unpaired) electrons. The lowest BCUT2D eigenvalue weighted by molar-refractivity contribution is -0.384. The zero-order valence-electron chi connectivity index (χ0n) is 37.0. The third-order valence-corrected chi connectivity index (χ3v) is 16.0. The molecule has 0 bridgehead atoms. The highest BCUT2D eigenvalue weighted by atomic mass is 32.2. The number of fused-ring (bicyclic) bond motifs is 3. The third kappa shape index (κ3) is 7.76. The van der Waals surface area contributed by atoms with Crippen LogP contribution in [0.25, 0.3) is 11.0 Å². The lowest BCUT2D eigenvalue weighted by Gasteiger charge is -2.56. The van der Waals surface area contributed by atoms with Crippen LogP contribution in [0.1, 0.15) is 73.0 Å². The minimum Gasteiger partial charge on any atom is -0.489 e. The molecule has 2 aromatic heterocycles. The van der Waals surface area contributed by atoms with E-state index in [1.54, 1.807) is 12.3 Å². The van der Waals surface area contributed by atoms with E-state index < -0.39 is 43.6 Å². The summed E-state index contributed by atoms with van der Waals surface area (Å²) in [6, 6.07) is 20.9. The largest absolute Gasteiger partial charge is 0.489 e. The molecule has 5 aromatic rings. The maximum Gasteiger partial charge on any atom is 0.297 e. The Morgan fingerprint density at radius 2 is 1.83 bits per heavy atom. The van der Waals surface area contributed by atoms with Gasteiger partial charge in [-0.05, 0) is 106 Å². The molecule has 4 fully saturated rings. The number of likely N-dealkylation sites (tertiary alicyclic amines) is 1. The van der Waals surface area contributed by atoms with Crippen LogP contribution in [0, 0.1) is 22.5 Å². The molecule has 66 heavy (non-hydrogen) atoms. The van der Waals surface area contributed by atoms with E-state index >= 15 is 0 Å². The molecule has 7 heterocycles. The first-order chi connectivity index (χ1) is 31.9. The lowest BCUT2D eigenvalue weighted by Crippen LogP contribution is -2.54. The fraction of sp³-hybridized carbons (Fsp3) is 0.458. The molecule has 1 amide bonds. The van der Waals surface area contributed by atoms with Crippen molar-refractivity contribution in [2.75, 3.05) is 67.7 Å². The number of hydrogen-bond donors (Lipinski definition) is 3. The van der Waals surface area contributed by atoms with Crippen LogP contribution in [0.3, 0.4) is 0 Å². The third-order valence-electron chi connectivity index (χ3n) is 14.7. The molecule has 5 aliphatic heterocycles. The normalized spacial score (nSPS) is 24.2. The van der Waals surface area contributed by atoms with Crippen LogP contribution in [0.5, 0.6) is 11.6 Å². The van der Waals surface area contributed by atoms with Crippen molar-refractivity contribution in [3.05, 3.63) is 99.7 Å². The van der Waals surface area contributed by atoms with E-state index in [1.807, 2.05) is 36.1 Å². The summed E-state index contributed by atoms with van der Waals surface area (Å²) in [5.74, 6) is -0.540. The van der Waals surface area contributed by atoms with E-state index in [2.05, 4.69) is 56.0 Å². The van der Waals surface area contributed by atoms with E-state index in [4.69, 9.17) is 23.9 Å². The molecule has 346 valence electrons. The van der Waals surface area contributed by atoms with Crippen LogP contribution in [-0.2, 0) is 19.5 Å². The number of rotatable bonds is 9. The van der Waals surface area contributed by atoms with Gasteiger partial charge in [0.1, 0.15) is 30.1 Å². The van der Waals surface area contributed by atoms with Gasteiger partial charge in [0.25, 0.3) is 21.6 Å². The van der Waals surface area contributed by atoms with Gasteiger partial charge < -0.3 is 39.0 Å². The first kappa shape index (κ1) is 42.7. The number of nitrogens with one attached hydrogen (secondary N) is 3. The first-order valence-electron chi connectivity index (χ1n) is 23.0. The van der Waals surface area contributed by atoms with Crippen LogP contribution in [-0.4, -0.2) is 111 Å². The maximum absolute atomic E-state index is 14.5. The number of aryl methyl sites for hydroxylation is 1. The molecule has 18 heteroatoms. The van der Waals surface area contributed by atoms with Gasteiger partial charge >= 0.3 is 0 Å². The Balaban J connectivity index is 0.863. The van der Waals surface area contributed by atoms with Crippen LogP contribution < -0.4 is 29.3 Å². The minimum absolute atomic E-state index is 0.0259. The lowest BCUT2D eigenvalue weighted by atomic mass is 9.59. The highest BCUT2D eigenvalue weighted by Crippen LogP contribution is 2.54. The summed E-state index contributed by atoms with van der Waals surface area (Å²) in [5.41, 5.74) is 5.44. The van der Waals surface area contributed by atoms with Crippen molar-refractivity contribution in [3.63, 3.8) is 0 Å². The predicted octanol–water partition coefficient (Wildman–Crippen LogP) is 6.99. The number of aromatic amines is 1. The summed E-state index contributed by atoms with van der Waals surface area (Å²) in [4.78, 5) is 40.7. The molecular formula is C48H54N8O9S. The van der Waals surface area contributed by atoms with Gasteiger partial charge in [-0.1, -0.05) is 24.3 Å². The van der Waals surface area contributed by atoms with Gasteiger partial charge in [-0.2, -0.15) is 4.98 Å². The average Bonchev–Trinajstić information content (AvgIpc) is 3.99. The van der Waals surface area contributed by atoms with Gasteiger partial charge in [0.05, 0.1) is 53.5 Å². The number of piperidine rings is 1. The van der Waals surface area contributed by atoms with E-state index in [-0.39, 0.29) is 36.3 Å². The van der Waals surface area contributed by atoms with Crippen LogP contribution in [0.15, 0.2) is 77.8 Å². The maximum atomic E-state index is 14.5. The number of amides is 1. The molecule has 3 N–H and O–H groups in total. The fourth-order valence-corrected chi connectivity index (χ4v) is 12.2. The number of sulfonamides is 1. The smallest absolute Gasteiger partial charge is 0.297 e. The molecule has 1 aliphatic carbocycles. The van der Waals surface area contributed by atoms with Crippen LogP contribution in [0.2, 0.25) is 0 Å². The number of nitro benzene ring substituents is 1. The second-order valence-electron chi connectivity index (χ2n) is 18.8. The first-order valence-corrected chi connectivity index (χ1v) is 24.5. The number of carbonyl (C=O) groups excluding carboxylic acids is 1. The molecule has 11 rings (SSSR count). The number of aromatic nitrogens is 2. The molecule has 17 nitrogen and oxygen atoms in total. The Morgan fingerprint density at radius 1 is 1.00 bits per heavy atom. The van der Waals surface area contributed by atoms with Gasteiger partial charge in [0, 0.05) is 54.6 Å². The summed E-state index contributed by atoms with van der Waals surface area (Å²) in [5, 5.41) is 16.3. The van der Waals surface area contributed by atoms with Crippen molar-refractivity contribution < 1.29 is 37.1 Å². The topological polar surface area (TPSA) is 194 Å². The van der Waals surface area contributed by atoms with Crippen molar-refractivity contribution >= 4 is 55.4 Å². The van der Waals surface area contributed by atoms with E-state index in [0.717, 1.165) is 49.6 Å². The molecule has 3 aromatic carbocycles. The Hall–Kier alpha value is -5.95. The Morgan fingerprint density at radius 3 is 2.62 bits per heavy atom. The molecule has 6 aliphatic rings. The predicted molar refractivity (Wildman–Crippen MR) is 248 cm³/mol. The van der Waals surface area contributed by atoms with E-state index in [1.165, 1.54) is 42.9 Å². The second-order valence-corrected chi connectivity index (χ2v) is 20.5. The number of anilines is 4. The van der Waals surface area contributed by atoms with Crippen LogP contribution >= 0.6 is 0 Å². The number of nitro groups is 1. The standard InChI is InChI=1S/C48H54N8O9S/c1-29-6-3-4-7-35(29)38-8-5-15-54(38)33-24-48(25-33)12-16-53(17-13-48)32-9-10-36(39(21-32)55-26-30(2)65-47-41(55)20-31-11-14-49-45(31)51-47)46(57)52-66(60,61)34-22-40(56(58)59)44-42(23-34)64-27-37(50-44)43-28-62-18-19-63-43/h3-4,6-7,9-11,14,20-23,30,33,37-38,43,50H,5,8,12-13,15-19,24-28H2,1-2H3,(H,49,51)(H,52,57)/t30-,37+,38+,43-/m1/s1. The Bertz CT molecular complexity index is 2820. The highest BCUT2D eigenvalue weighted by molar-refractivity contribution is 7.90. The summed E-state index contributed by atoms with van der Waals surface area (Å²) in [6.45, 7) is 8.51. The van der Waals surface area contributed by atoms with Gasteiger partial charge in [0.15, 0.2) is 11.4 Å². The van der Waals surface area contributed by atoms with E-state index in [0.29, 0.717) is 60.2 Å². The molecule has 1 saturated carbocycles. The van der Waals surface area contributed by atoms with Gasteiger partial charge in [-0.25, -0.2) is 13.1 Å². The summed E-state index contributed by atoms with van der Waals surface area (Å²) in [6.07, 6.45) is 8.01. The minimum atomic E-state index is -4.67. The number of hydrogen-bond acceptors (Lipinski definition) is 14. The Kier molecular flexibility index (Phi) is 10.8. The number of ether oxygens (including phenoxy) is 4. The summed E-state index contributed by atoms with van der Waals surface area (Å²) in [7, 11) is -4.67. The number of H-pyrrole nitrogens is 1. The number of benzene rings is 3. The van der Waals surface area contributed by atoms with Crippen molar-refractivity contribution in [2.45, 2.75) is 87.6 Å². The fourth-order valence-electron chi connectivity index (χ4n) is 11.2. The zero-order valence-corrected chi connectivity index (χ0v) is 37.8. The van der Waals surface area contributed by atoms with Crippen molar-refractivity contribution in [1.82, 2.24) is 19.6 Å². The SMILES string of the molecule is Cc1ccccc1[C@@H]1CCCN1C1CC2(CCN(c3ccc(C(=O)NS(=O)(=O)c4cc5c(c([N+](=O)[O-])c4)N[C@H]([C@H]4COCCO4)CO5)c(N4C[C@@H](C)Oc5nc6[nH]ccc6cc54)c3)CC2)C1. The molecular weight excluding hydrogens is 865 g/mol. The second kappa shape index (κ2) is 16.7. The van der Waals surface area contributed by atoms with Crippen LogP contribution in [0.4, 0.5) is 28.4 Å². The number of carbonyl (C=O) groups is 1. The Labute approximate surface area is 382 Å². The molecule has 4 atom stereocenters. The van der Waals surface area contributed by atoms with Gasteiger partial charge in [-0.3, -0.25) is 19.8 Å². The zero-order chi connectivity index (χ0) is 45.3. The van der Waals surface area contributed by atoms with E-state index in [9.17, 15) is 23.3 Å². The summed E-state index contributed by atoms with van der Waals surface area (Å²) < 4.78 is 53.9. The summed E-state index contributed by atoms with van der Waals surface area (Å²) >= 11 is 0.